The predicted molar refractivity (Wildman–Crippen MR) is 61.2 cm³/mol. The smallest absolute Gasteiger partial charge is 0.138 e. The minimum atomic E-state index is 0.524. The maximum absolute atomic E-state index is 5.33. The van der Waals surface area contributed by atoms with Crippen LogP contribution in [0.2, 0.25) is 0 Å². The first-order valence-electron chi connectivity index (χ1n) is 4.96. The van der Waals surface area contributed by atoms with Crippen LogP contribution in [0.15, 0.2) is 36.6 Å². The summed E-state index contributed by atoms with van der Waals surface area (Å²) in [6.07, 6.45) is 1.84. The number of anilines is 1. The van der Waals surface area contributed by atoms with Crippen molar-refractivity contribution >= 4 is 11.8 Å². The third-order valence-electron chi connectivity index (χ3n) is 2.11. The molecule has 1 aromatic carbocycles. The average Bonchev–Trinajstić information content (AvgIpc) is 3.05. The van der Waals surface area contributed by atoms with Gasteiger partial charge in [0.15, 0.2) is 0 Å². The number of benzene rings is 1. The second-order valence-electron chi connectivity index (χ2n) is 3.35. The number of hydrogen-bond acceptors (Lipinski definition) is 3. The molecule has 0 unspecified atom stereocenters. The van der Waals surface area contributed by atoms with Gasteiger partial charge in [-0.15, -0.1) is 5.73 Å². The Bertz CT molecular complexity index is 362. The second kappa shape index (κ2) is 4.80. The monoisotopic (exact) mass is 202 g/mol. The van der Waals surface area contributed by atoms with E-state index in [0.717, 1.165) is 24.3 Å². The summed E-state index contributed by atoms with van der Waals surface area (Å²) in [7, 11) is 0. The number of hydrogen-bond donors (Lipinski definition) is 1. The lowest BCUT2D eigenvalue weighted by atomic mass is 10.2. The molecule has 1 heterocycles. The number of rotatable bonds is 5. The summed E-state index contributed by atoms with van der Waals surface area (Å²) < 4.78 is 0. The molecular weight excluding hydrogens is 188 g/mol. The van der Waals surface area contributed by atoms with Gasteiger partial charge in [-0.25, -0.2) is 0 Å². The fourth-order valence-electron chi connectivity index (χ4n) is 1.19. The minimum absolute atomic E-state index is 0.524. The van der Waals surface area contributed by atoms with Gasteiger partial charge in [-0.3, -0.25) is 4.84 Å². The van der Waals surface area contributed by atoms with E-state index >= 15 is 0 Å². The Morgan fingerprint density at radius 2 is 2.13 bits per heavy atom. The van der Waals surface area contributed by atoms with E-state index in [-0.39, 0.29) is 0 Å². The molecule has 1 aromatic rings. The third-order valence-corrected chi connectivity index (χ3v) is 2.11. The summed E-state index contributed by atoms with van der Waals surface area (Å²) in [4.78, 5) is 5.33. The van der Waals surface area contributed by atoms with Gasteiger partial charge in [0.05, 0.1) is 0 Å². The molecule has 1 N–H and O–H groups in total. The van der Waals surface area contributed by atoms with E-state index in [9.17, 15) is 0 Å². The normalized spacial score (nSPS) is 14.4. The molecule has 1 aliphatic heterocycles. The molecule has 3 heteroatoms. The van der Waals surface area contributed by atoms with Gasteiger partial charge in [0.2, 0.25) is 0 Å². The summed E-state index contributed by atoms with van der Waals surface area (Å²) in [6.45, 7) is 6.15. The number of nitrogens with one attached hydrogen (secondary N) is 1. The maximum atomic E-state index is 5.33. The van der Waals surface area contributed by atoms with E-state index in [1.54, 1.807) is 0 Å². The second-order valence-corrected chi connectivity index (χ2v) is 3.35. The highest BCUT2D eigenvalue weighted by Gasteiger charge is 2.17. The van der Waals surface area contributed by atoms with Crippen molar-refractivity contribution in [3.8, 4) is 0 Å². The maximum Gasteiger partial charge on any atom is 0.138 e. The first-order chi connectivity index (χ1) is 7.38. The van der Waals surface area contributed by atoms with E-state index in [4.69, 9.17) is 4.84 Å². The Balaban J connectivity index is 1.82. The summed E-state index contributed by atoms with van der Waals surface area (Å²) in [5.41, 5.74) is 4.90. The zero-order chi connectivity index (χ0) is 10.5. The molecule has 0 spiro atoms. The highest BCUT2D eigenvalue weighted by atomic mass is 16.7. The minimum Gasteiger partial charge on any atom is -0.361 e. The fraction of sp³-hybridized carbons (Fsp3) is 0.250. The van der Waals surface area contributed by atoms with Crippen molar-refractivity contribution in [2.24, 2.45) is 0 Å². The molecular formula is C12H14N2O. The van der Waals surface area contributed by atoms with Crippen molar-refractivity contribution in [3.63, 3.8) is 0 Å². The Labute approximate surface area is 89.6 Å². The van der Waals surface area contributed by atoms with Crippen LogP contribution >= 0.6 is 0 Å². The Morgan fingerprint density at radius 3 is 2.73 bits per heavy atom. The largest absolute Gasteiger partial charge is 0.361 e. The van der Waals surface area contributed by atoms with Crippen LogP contribution in [0, 0.1) is 0 Å². The number of hydroxylamine groups is 2. The summed E-state index contributed by atoms with van der Waals surface area (Å²) in [6, 6.07) is 8.04. The molecule has 0 aromatic heterocycles. The first kappa shape index (κ1) is 9.99. The molecule has 0 atom stereocenters. The predicted octanol–water partition coefficient (Wildman–Crippen LogP) is 2.10. The molecule has 0 aliphatic carbocycles. The van der Waals surface area contributed by atoms with Gasteiger partial charge in [-0.1, -0.05) is 18.7 Å². The van der Waals surface area contributed by atoms with Crippen molar-refractivity contribution in [1.29, 1.82) is 0 Å². The highest BCUT2D eigenvalue weighted by molar-refractivity contribution is 5.54. The van der Waals surface area contributed by atoms with Crippen molar-refractivity contribution in [1.82, 2.24) is 5.06 Å². The first-order valence-corrected chi connectivity index (χ1v) is 4.96. The van der Waals surface area contributed by atoms with Gasteiger partial charge in [0.1, 0.15) is 6.73 Å². The number of nitrogens with zero attached hydrogens (tertiary/aromatic N) is 1. The van der Waals surface area contributed by atoms with Gasteiger partial charge in [-0.05, 0) is 23.8 Å². The van der Waals surface area contributed by atoms with Crippen LogP contribution in [-0.4, -0.2) is 24.9 Å². The summed E-state index contributed by atoms with van der Waals surface area (Å²) in [5, 5.41) is 5.08. The molecule has 78 valence electrons. The Hall–Kier alpha value is -1.54. The van der Waals surface area contributed by atoms with E-state index in [1.165, 1.54) is 0 Å². The summed E-state index contributed by atoms with van der Waals surface area (Å²) in [5.74, 6) is 0. The van der Waals surface area contributed by atoms with Crippen LogP contribution in [0.3, 0.4) is 0 Å². The molecule has 0 amide bonds. The van der Waals surface area contributed by atoms with Gasteiger partial charge < -0.3 is 5.32 Å². The highest BCUT2D eigenvalue weighted by Crippen LogP contribution is 2.11. The lowest BCUT2D eigenvalue weighted by Gasteiger charge is -2.06. The third kappa shape index (κ3) is 3.26. The molecule has 1 saturated heterocycles. The zero-order valence-electron chi connectivity index (χ0n) is 8.57. The van der Waals surface area contributed by atoms with Crippen LogP contribution in [0.25, 0.3) is 6.08 Å². The summed E-state index contributed by atoms with van der Waals surface area (Å²) >= 11 is 0. The average molecular weight is 202 g/mol. The van der Waals surface area contributed by atoms with Gasteiger partial charge in [0, 0.05) is 18.8 Å². The van der Waals surface area contributed by atoms with E-state index in [0.29, 0.717) is 6.73 Å². The van der Waals surface area contributed by atoms with Crippen molar-refractivity contribution in [2.75, 3.05) is 25.1 Å². The van der Waals surface area contributed by atoms with Crippen molar-refractivity contribution < 1.29 is 4.84 Å². The van der Waals surface area contributed by atoms with E-state index in [1.807, 2.05) is 35.4 Å². The SMILES string of the molecule is C=C=Cc1ccc(NCON2CC2)cc1. The zero-order valence-corrected chi connectivity index (χ0v) is 8.57. The molecule has 0 radical (unpaired) electrons. The van der Waals surface area contributed by atoms with Gasteiger partial charge in [-0.2, -0.15) is 5.06 Å². The van der Waals surface area contributed by atoms with E-state index < -0.39 is 0 Å². The van der Waals surface area contributed by atoms with Gasteiger partial charge >= 0.3 is 0 Å². The van der Waals surface area contributed by atoms with Crippen LogP contribution in [0.4, 0.5) is 5.69 Å². The van der Waals surface area contributed by atoms with Gasteiger partial charge in [0.25, 0.3) is 0 Å². The molecule has 2 rings (SSSR count). The quantitative estimate of drug-likeness (QED) is 0.449. The van der Waals surface area contributed by atoms with Crippen LogP contribution in [0.1, 0.15) is 5.56 Å². The topological polar surface area (TPSA) is 24.3 Å². The molecule has 1 aliphatic rings. The Kier molecular flexibility index (Phi) is 3.20. The molecule has 0 saturated carbocycles. The molecule has 0 bridgehead atoms. The van der Waals surface area contributed by atoms with Crippen LogP contribution < -0.4 is 5.32 Å². The molecule has 15 heavy (non-hydrogen) atoms. The standard InChI is InChI=1S/C12H14N2O/c1-2-3-11-4-6-12(7-5-11)13-10-15-14-8-9-14/h3-7,13H,1,8-10H2. The Morgan fingerprint density at radius 1 is 1.40 bits per heavy atom. The lowest BCUT2D eigenvalue weighted by Crippen LogP contribution is -2.09. The van der Waals surface area contributed by atoms with Crippen LogP contribution in [-0.2, 0) is 4.84 Å². The van der Waals surface area contributed by atoms with Crippen molar-refractivity contribution in [3.05, 3.63) is 42.1 Å². The van der Waals surface area contributed by atoms with E-state index in [2.05, 4.69) is 17.6 Å². The lowest BCUT2D eigenvalue weighted by molar-refractivity contribution is -0.0537. The van der Waals surface area contributed by atoms with Crippen LogP contribution in [0.5, 0.6) is 0 Å². The molecule has 3 nitrogen and oxygen atoms in total. The van der Waals surface area contributed by atoms with Crippen molar-refractivity contribution in [2.45, 2.75) is 0 Å². The molecule has 1 fully saturated rings. The fourth-order valence-corrected chi connectivity index (χ4v) is 1.19.